The van der Waals surface area contributed by atoms with Gasteiger partial charge in [0.15, 0.2) is 0 Å². The average Bonchev–Trinajstić information content (AvgIpc) is 3.10. The van der Waals surface area contributed by atoms with Crippen molar-refractivity contribution in [3.63, 3.8) is 0 Å². The normalized spacial score (nSPS) is 15.6. The quantitative estimate of drug-likeness (QED) is 0.709. The Labute approximate surface area is 168 Å². The molecule has 0 saturated carbocycles. The summed E-state index contributed by atoms with van der Waals surface area (Å²) >= 11 is 0. The van der Waals surface area contributed by atoms with Gasteiger partial charge in [0.05, 0.1) is 11.8 Å². The van der Waals surface area contributed by atoms with Crippen LogP contribution in [0.5, 0.6) is 0 Å². The van der Waals surface area contributed by atoms with E-state index in [1.807, 2.05) is 22.6 Å². The Kier molecular flexibility index (Phi) is 5.01. The first kappa shape index (κ1) is 19.4. The van der Waals surface area contributed by atoms with Crippen LogP contribution in [0, 0.1) is 5.82 Å². The van der Waals surface area contributed by atoms with Crippen molar-refractivity contribution in [1.29, 1.82) is 0 Å². The number of hydrogen-bond donors (Lipinski definition) is 1. The lowest BCUT2D eigenvalue weighted by atomic mass is 10.2. The summed E-state index contributed by atoms with van der Waals surface area (Å²) < 4.78 is 40.2. The van der Waals surface area contributed by atoms with Crippen LogP contribution in [-0.2, 0) is 10.0 Å². The number of piperazine rings is 1. The number of nitrogens with zero attached hydrogens (tertiary/aromatic N) is 3. The van der Waals surface area contributed by atoms with Gasteiger partial charge in [-0.05, 0) is 42.5 Å². The second-order valence-electron chi connectivity index (χ2n) is 7.02. The number of halogens is 1. The van der Waals surface area contributed by atoms with Crippen LogP contribution in [0.15, 0.2) is 54.7 Å². The Morgan fingerprint density at radius 1 is 1.03 bits per heavy atom. The number of carbonyl (C=O) groups is 1. The predicted octanol–water partition coefficient (Wildman–Crippen LogP) is 2.41. The summed E-state index contributed by atoms with van der Waals surface area (Å²) in [5.41, 5.74) is 1.75. The third-order valence-corrected chi connectivity index (χ3v) is 6.31. The first-order valence-electron chi connectivity index (χ1n) is 9.19. The summed E-state index contributed by atoms with van der Waals surface area (Å²) in [7, 11) is -3.19. The molecule has 0 radical (unpaired) electrons. The van der Waals surface area contributed by atoms with Crippen LogP contribution in [-0.4, -0.2) is 55.5 Å². The molecule has 0 atom stereocenters. The first-order chi connectivity index (χ1) is 13.8. The van der Waals surface area contributed by atoms with E-state index in [0.29, 0.717) is 37.4 Å². The lowest BCUT2D eigenvalue weighted by Gasteiger charge is -2.34. The maximum atomic E-state index is 13.3. The minimum absolute atomic E-state index is 0.334. The van der Waals surface area contributed by atoms with Gasteiger partial charge < -0.3 is 14.6 Å². The van der Waals surface area contributed by atoms with Gasteiger partial charge in [-0.3, -0.25) is 4.79 Å². The molecule has 1 aliphatic rings. The molecule has 0 bridgehead atoms. The molecule has 7 nitrogen and oxygen atoms in total. The van der Waals surface area contributed by atoms with E-state index in [9.17, 15) is 17.6 Å². The second kappa shape index (κ2) is 7.49. The van der Waals surface area contributed by atoms with E-state index in [1.54, 1.807) is 18.3 Å². The molecule has 152 valence electrons. The molecule has 3 aromatic rings. The van der Waals surface area contributed by atoms with Crippen LogP contribution >= 0.6 is 0 Å². The fourth-order valence-corrected chi connectivity index (χ4v) is 4.32. The van der Waals surface area contributed by atoms with Crippen molar-refractivity contribution in [1.82, 2.24) is 8.71 Å². The van der Waals surface area contributed by atoms with E-state index < -0.39 is 15.8 Å². The van der Waals surface area contributed by atoms with E-state index in [0.717, 1.165) is 11.3 Å². The fourth-order valence-electron chi connectivity index (χ4n) is 3.50. The lowest BCUT2D eigenvalue weighted by molar-refractivity contribution is 0.102. The van der Waals surface area contributed by atoms with Gasteiger partial charge in [-0.2, -0.15) is 4.31 Å². The number of carbonyl (C=O) groups excluding carboxylic acids is 1. The van der Waals surface area contributed by atoms with Gasteiger partial charge in [0.2, 0.25) is 10.0 Å². The number of benzene rings is 1. The zero-order valence-corrected chi connectivity index (χ0v) is 16.7. The maximum Gasteiger partial charge on any atom is 0.257 e. The second-order valence-corrected chi connectivity index (χ2v) is 9.00. The van der Waals surface area contributed by atoms with Crippen molar-refractivity contribution in [2.24, 2.45) is 0 Å². The van der Waals surface area contributed by atoms with Gasteiger partial charge in [0, 0.05) is 43.6 Å². The zero-order valence-electron chi connectivity index (χ0n) is 15.9. The summed E-state index contributed by atoms with van der Waals surface area (Å²) in [4.78, 5) is 14.7. The number of anilines is 2. The molecule has 1 N–H and O–H groups in total. The van der Waals surface area contributed by atoms with E-state index in [1.165, 1.54) is 28.8 Å². The van der Waals surface area contributed by atoms with Gasteiger partial charge in [0.1, 0.15) is 11.6 Å². The third-order valence-electron chi connectivity index (χ3n) is 5.01. The van der Waals surface area contributed by atoms with Crippen molar-refractivity contribution in [2.45, 2.75) is 0 Å². The molecular formula is C20H21FN4O3S. The highest BCUT2D eigenvalue weighted by molar-refractivity contribution is 7.88. The highest BCUT2D eigenvalue weighted by Crippen LogP contribution is 2.23. The molecule has 0 aliphatic carbocycles. The summed E-state index contributed by atoms with van der Waals surface area (Å²) in [6.07, 6.45) is 2.96. The van der Waals surface area contributed by atoms with E-state index >= 15 is 0 Å². The topological polar surface area (TPSA) is 74.1 Å². The smallest absolute Gasteiger partial charge is 0.257 e. The Morgan fingerprint density at radius 2 is 1.76 bits per heavy atom. The Hall–Kier alpha value is -2.91. The third kappa shape index (κ3) is 4.10. The number of pyridine rings is 1. The summed E-state index contributed by atoms with van der Waals surface area (Å²) in [5.74, 6) is 0.145. The Bertz CT molecular complexity index is 1170. The standard InChI is InChI=1S/C20H21FN4O3S/c1-29(27,28)24-11-9-23(10-12-24)19-8-7-18-6-5-15(14-25(18)19)20(26)22-17-4-2-3-16(21)13-17/h2-8,13-14H,9-12H2,1H3,(H,22,26). The largest absolute Gasteiger partial charge is 0.355 e. The molecule has 3 heterocycles. The average molecular weight is 416 g/mol. The van der Waals surface area contributed by atoms with Crippen molar-refractivity contribution in [3.05, 3.63) is 66.1 Å². The molecule has 29 heavy (non-hydrogen) atoms. The van der Waals surface area contributed by atoms with Crippen molar-refractivity contribution >= 4 is 33.0 Å². The van der Waals surface area contributed by atoms with Gasteiger partial charge >= 0.3 is 0 Å². The number of nitrogens with one attached hydrogen (secondary N) is 1. The Morgan fingerprint density at radius 3 is 2.45 bits per heavy atom. The number of hydrogen-bond acceptors (Lipinski definition) is 4. The minimum Gasteiger partial charge on any atom is -0.355 e. The first-order valence-corrected chi connectivity index (χ1v) is 11.0. The van der Waals surface area contributed by atoms with Crippen LogP contribution in [0.3, 0.4) is 0 Å². The van der Waals surface area contributed by atoms with Gasteiger partial charge in [-0.15, -0.1) is 0 Å². The Balaban J connectivity index is 1.56. The number of sulfonamides is 1. The van der Waals surface area contributed by atoms with Gasteiger partial charge in [-0.25, -0.2) is 12.8 Å². The molecular weight excluding hydrogens is 395 g/mol. The lowest BCUT2D eigenvalue weighted by Crippen LogP contribution is -2.48. The van der Waals surface area contributed by atoms with Crippen LogP contribution in [0.25, 0.3) is 5.52 Å². The number of rotatable bonds is 4. The van der Waals surface area contributed by atoms with E-state index in [2.05, 4.69) is 10.2 Å². The molecule has 1 aromatic carbocycles. The van der Waals surface area contributed by atoms with Crippen LogP contribution < -0.4 is 10.2 Å². The van der Waals surface area contributed by atoms with Crippen LogP contribution in [0.4, 0.5) is 15.9 Å². The van der Waals surface area contributed by atoms with Crippen LogP contribution in [0.1, 0.15) is 10.4 Å². The molecule has 1 fully saturated rings. The summed E-state index contributed by atoms with van der Waals surface area (Å²) in [5, 5.41) is 2.70. The highest BCUT2D eigenvalue weighted by atomic mass is 32.2. The molecule has 4 rings (SSSR count). The van der Waals surface area contributed by atoms with E-state index in [-0.39, 0.29) is 5.91 Å². The van der Waals surface area contributed by atoms with Crippen molar-refractivity contribution < 1.29 is 17.6 Å². The zero-order chi connectivity index (χ0) is 20.6. The summed E-state index contributed by atoms with van der Waals surface area (Å²) in [6, 6.07) is 13.2. The highest BCUT2D eigenvalue weighted by Gasteiger charge is 2.24. The number of aromatic nitrogens is 1. The van der Waals surface area contributed by atoms with Gasteiger partial charge in [-0.1, -0.05) is 6.07 Å². The molecule has 0 spiro atoms. The molecule has 2 aromatic heterocycles. The summed E-state index contributed by atoms with van der Waals surface area (Å²) in [6.45, 7) is 1.98. The number of amides is 1. The molecule has 9 heteroatoms. The van der Waals surface area contributed by atoms with Gasteiger partial charge in [0.25, 0.3) is 5.91 Å². The van der Waals surface area contributed by atoms with Crippen LogP contribution in [0.2, 0.25) is 0 Å². The predicted molar refractivity (Wildman–Crippen MR) is 110 cm³/mol. The van der Waals surface area contributed by atoms with E-state index in [4.69, 9.17) is 0 Å². The monoisotopic (exact) mass is 416 g/mol. The van der Waals surface area contributed by atoms with Crippen molar-refractivity contribution in [2.75, 3.05) is 42.7 Å². The molecule has 1 aliphatic heterocycles. The SMILES string of the molecule is CS(=O)(=O)N1CCN(c2ccc3ccc(C(=O)Nc4cccc(F)c4)cn23)CC1. The fraction of sp³-hybridized carbons (Fsp3) is 0.250. The maximum absolute atomic E-state index is 13.3. The molecule has 0 unspecified atom stereocenters. The minimum atomic E-state index is -3.19. The van der Waals surface area contributed by atoms with Crippen molar-refractivity contribution in [3.8, 4) is 0 Å². The molecule has 1 saturated heterocycles. The number of fused-ring (bicyclic) bond motifs is 1. The molecule has 1 amide bonds.